The standard InChI is InChI=1S/C14H20N4/c1-3-6-12(4-2)17-13-7-5-8-14(9-13)18-10-15-16-11-18/h5,7-12,17H,3-4,6H2,1-2H3. The Labute approximate surface area is 108 Å². The van der Waals surface area contributed by atoms with Crippen molar-refractivity contribution in [3.05, 3.63) is 36.9 Å². The lowest BCUT2D eigenvalue weighted by atomic mass is 10.1. The van der Waals surface area contributed by atoms with Crippen LogP contribution < -0.4 is 5.32 Å². The molecular weight excluding hydrogens is 224 g/mol. The van der Waals surface area contributed by atoms with E-state index in [2.05, 4.69) is 53.6 Å². The Balaban J connectivity index is 2.12. The number of hydrogen-bond acceptors (Lipinski definition) is 3. The van der Waals surface area contributed by atoms with Crippen molar-refractivity contribution in [2.45, 2.75) is 39.2 Å². The molecule has 1 N–H and O–H groups in total. The zero-order chi connectivity index (χ0) is 12.8. The summed E-state index contributed by atoms with van der Waals surface area (Å²) in [5, 5.41) is 11.2. The molecule has 2 aromatic rings. The van der Waals surface area contributed by atoms with Gasteiger partial charge in [-0.05, 0) is 31.0 Å². The van der Waals surface area contributed by atoms with E-state index in [1.54, 1.807) is 12.7 Å². The van der Waals surface area contributed by atoms with Gasteiger partial charge < -0.3 is 5.32 Å². The van der Waals surface area contributed by atoms with Crippen molar-refractivity contribution in [3.8, 4) is 5.69 Å². The molecule has 0 aliphatic heterocycles. The van der Waals surface area contributed by atoms with Crippen LogP contribution in [-0.2, 0) is 0 Å². The monoisotopic (exact) mass is 244 g/mol. The maximum Gasteiger partial charge on any atom is 0.123 e. The molecule has 4 nitrogen and oxygen atoms in total. The molecule has 1 aromatic heterocycles. The summed E-state index contributed by atoms with van der Waals surface area (Å²) < 4.78 is 1.91. The first-order chi connectivity index (χ1) is 8.83. The van der Waals surface area contributed by atoms with Gasteiger partial charge in [0.25, 0.3) is 0 Å². The molecule has 0 aliphatic rings. The lowest BCUT2D eigenvalue weighted by Crippen LogP contribution is -2.17. The van der Waals surface area contributed by atoms with Gasteiger partial charge in [0.1, 0.15) is 12.7 Å². The smallest absolute Gasteiger partial charge is 0.123 e. The maximum absolute atomic E-state index is 3.83. The molecule has 0 bridgehead atoms. The van der Waals surface area contributed by atoms with Crippen LogP contribution in [0.25, 0.3) is 5.69 Å². The third kappa shape index (κ3) is 3.09. The minimum Gasteiger partial charge on any atom is -0.382 e. The van der Waals surface area contributed by atoms with Gasteiger partial charge in [-0.25, -0.2) is 0 Å². The zero-order valence-electron chi connectivity index (χ0n) is 11.0. The molecule has 1 atom stereocenters. The predicted molar refractivity (Wildman–Crippen MR) is 74.0 cm³/mol. The van der Waals surface area contributed by atoms with Gasteiger partial charge >= 0.3 is 0 Å². The Morgan fingerprint density at radius 3 is 2.67 bits per heavy atom. The first-order valence-electron chi connectivity index (χ1n) is 6.55. The van der Waals surface area contributed by atoms with Gasteiger partial charge in [0, 0.05) is 11.7 Å². The Morgan fingerprint density at radius 2 is 2.00 bits per heavy atom. The fourth-order valence-electron chi connectivity index (χ4n) is 2.05. The highest BCUT2D eigenvalue weighted by atomic mass is 15.2. The average molecular weight is 244 g/mol. The van der Waals surface area contributed by atoms with Crippen molar-refractivity contribution in [3.63, 3.8) is 0 Å². The number of nitrogens with one attached hydrogen (secondary N) is 1. The zero-order valence-corrected chi connectivity index (χ0v) is 11.0. The van der Waals surface area contributed by atoms with Gasteiger partial charge in [-0.3, -0.25) is 4.57 Å². The highest BCUT2D eigenvalue weighted by molar-refractivity contribution is 5.51. The van der Waals surface area contributed by atoms with Crippen molar-refractivity contribution in [2.24, 2.45) is 0 Å². The lowest BCUT2D eigenvalue weighted by molar-refractivity contribution is 0.623. The summed E-state index contributed by atoms with van der Waals surface area (Å²) in [4.78, 5) is 0. The van der Waals surface area contributed by atoms with Crippen LogP contribution in [0, 0.1) is 0 Å². The number of hydrogen-bond donors (Lipinski definition) is 1. The summed E-state index contributed by atoms with van der Waals surface area (Å²) in [5.41, 5.74) is 2.23. The van der Waals surface area contributed by atoms with Crippen molar-refractivity contribution in [1.82, 2.24) is 14.8 Å². The molecule has 0 spiro atoms. The third-order valence-corrected chi connectivity index (χ3v) is 3.06. The molecule has 18 heavy (non-hydrogen) atoms. The molecule has 1 heterocycles. The normalized spacial score (nSPS) is 12.3. The van der Waals surface area contributed by atoms with Crippen molar-refractivity contribution in [2.75, 3.05) is 5.32 Å². The minimum atomic E-state index is 0.547. The van der Waals surface area contributed by atoms with Gasteiger partial charge in [-0.15, -0.1) is 10.2 Å². The molecule has 1 unspecified atom stereocenters. The van der Waals surface area contributed by atoms with Crippen LogP contribution in [0.3, 0.4) is 0 Å². The summed E-state index contributed by atoms with van der Waals surface area (Å²) in [6.45, 7) is 4.44. The number of anilines is 1. The second-order valence-corrected chi connectivity index (χ2v) is 4.46. The Kier molecular flexibility index (Phi) is 4.34. The second-order valence-electron chi connectivity index (χ2n) is 4.46. The van der Waals surface area contributed by atoms with E-state index < -0.39 is 0 Å². The Hall–Kier alpha value is -1.84. The predicted octanol–water partition coefficient (Wildman–Crippen LogP) is 3.26. The van der Waals surface area contributed by atoms with Gasteiger partial charge in [0.15, 0.2) is 0 Å². The van der Waals surface area contributed by atoms with E-state index in [0.29, 0.717) is 6.04 Å². The van der Waals surface area contributed by atoms with E-state index in [1.165, 1.54) is 12.8 Å². The van der Waals surface area contributed by atoms with E-state index >= 15 is 0 Å². The molecule has 96 valence electrons. The SMILES string of the molecule is CCCC(CC)Nc1cccc(-n2cnnc2)c1. The van der Waals surface area contributed by atoms with Crippen molar-refractivity contribution < 1.29 is 0 Å². The second kappa shape index (κ2) is 6.19. The van der Waals surface area contributed by atoms with E-state index in [0.717, 1.165) is 17.8 Å². The summed E-state index contributed by atoms with van der Waals surface area (Å²) >= 11 is 0. The molecule has 1 aromatic carbocycles. The maximum atomic E-state index is 3.83. The highest BCUT2D eigenvalue weighted by Gasteiger charge is 2.05. The first-order valence-corrected chi connectivity index (χ1v) is 6.55. The molecule has 4 heteroatoms. The van der Waals surface area contributed by atoms with Crippen LogP contribution in [0.2, 0.25) is 0 Å². The summed E-state index contributed by atoms with van der Waals surface area (Å²) in [6, 6.07) is 8.88. The van der Waals surface area contributed by atoms with Gasteiger partial charge in [0.2, 0.25) is 0 Å². The molecule has 2 rings (SSSR count). The fourth-order valence-corrected chi connectivity index (χ4v) is 2.05. The van der Waals surface area contributed by atoms with Gasteiger partial charge in [-0.1, -0.05) is 26.3 Å². The van der Waals surface area contributed by atoms with E-state index in [9.17, 15) is 0 Å². The van der Waals surface area contributed by atoms with Gasteiger partial charge in [-0.2, -0.15) is 0 Å². The molecule has 0 aliphatic carbocycles. The largest absolute Gasteiger partial charge is 0.382 e. The average Bonchev–Trinajstić information content (AvgIpc) is 2.92. The van der Waals surface area contributed by atoms with Crippen LogP contribution in [0.4, 0.5) is 5.69 Å². The van der Waals surface area contributed by atoms with Crippen LogP contribution in [0.5, 0.6) is 0 Å². The lowest BCUT2D eigenvalue weighted by Gasteiger charge is -2.18. The van der Waals surface area contributed by atoms with Crippen LogP contribution in [0.15, 0.2) is 36.9 Å². The molecule has 0 amide bonds. The number of nitrogens with zero attached hydrogens (tertiary/aromatic N) is 3. The van der Waals surface area contributed by atoms with E-state index in [4.69, 9.17) is 0 Å². The number of rotatable bonds is 6. The fraction of sp³-hybridized carbons (Fsp3) is 0.429. The van der Waals surface area contributed by atoms with Crippen LogP contribution in [0.1, 0.15) is 33.1 Å². The molecule has 0 saturated heterocycles. The molecule has 0 radical (unpaired) electrons. The Morgan fingerprint density at radius 1 is 1.22 bits per heavy atom. The third-order valence-electron chi connectivity index (χ3n) is 3.06. The highest BCUT2D eigenvalue weighted by Crippen LogP contribution is 2.17. The summed E-state index contributed by atoms with van der Waals surface area (Å²) in [7, 11) is 0. The molecular formula is C14H20N4. The molecule has 0 saturated carbocycles. The quantitative estimate of drug-likeness (QED) is 0.848. The minimum absolute atomic E-state index is 0.547. The molecule has 0 fully saturated rings. The van der Waals surface area contributed by atoms with Crippen LogP contribution in [-0.4, -0.2) is 20.8 Å². The Bertz CT molecular complexity index is 464. The van der Waals surface area contributed by atoms with Crippen molar-refractivity contribution >= 4 is 5.69 Å². The summed E-state index contributed by atoms with van der Waals surface area (Å²) in [5.74, 6) is 0. The number of benzene rings is 1. The van der Waals surface area contributed by atoms with Crippen molar-refractivity contribution in [1.29, 1.82) is 0 Å². The first kappa shape index (κ1) is 12.6. The van der Waals surface area contributed by atoms with E-state index in [1.807, 2.05) is 4.57 Å². The summed E-state index contributed by atoms with van der Waals surface area (Å²) in [6.07, 6.45) is 6.97. The number of aromatic nitrogens is 3. The topological polar surface area (TPSA) is 42.7 Å². The van der Waals surface area contributed by atoms with Crippen LogP contribution >= 0.6 is 0 Å². The van der Waals surface area contributed by atoms with Gasteiger partial charge in [0.05, 0.1) is 5.69 Å². The van der Waals surface area contributed by atoms with E-state index in [-0.39, 0.29) is 0 Å².